The number of rotatable bonds is 3. The summed E-state index contributed by atoms with van der Waals surface area (Å²) in [5.74, 6) is 0.976. The van der Waals surface area contributed by atoms with Gasteiger partial charge in [-0.15, -0.1) is 0 Å². The molecule has 1 atom stereocenters. The second-order valence-corrected chi connectivity index (χ2v) is 6.54. The first-order valence-corrected chi connectivity index (χ1v) is 8.59. The Kier molecular flexibility index (Phi) is 4.01. The van der Waals surface area contributed by atoms with E-state index >= 15 is 0 Å². The van der Waals surface area contributed by atoms with Crippen molar-refractivity contribution < 1.29 is 9.90 Å². The van der Waals surface area contributed by atoms with Crippen LogP contribution < -0.4 is 0 Å². The molecule has 0 spiro atoms. The molecule has 0 saturated heterocycles. The van der Waals surface area contributed by atoms with E-state index in [-0.39, 0.29) is 5.91 Å². The summed E-state index contributed by atoms with van der Waals surface area (Å²) in [5, 5.41) is 10.3. The third-order valence-electron chi connectivity index (χ3n) is 4.92. The van der Waals surface area contributed by atoms with Crippen LogP contribution in [0.15, 0.2) is 48.5 Å². The van der Waals surface area contributed by atoms with Gasteiger partial charge in [-0.3, -0.25) is 4.79 Å². The second-order valence-electron chi connectivity index (χ2n) is 6.54. The van der Waals surface area contributed by atoms with Crippen molar-refractivity contribution in [2.75, 3.05) is 6.54 Å². The third kappa shape index (κ3) is 2.91. The van der Waals surface area contributed by atoms with E-state index in [2.05, 4.69) is 9.55 Å². The molecule has 0 radical (unpaired) electrons. The maximum absolute atomic E-state index is 12.7. The number of β-amino-alcohol motifs (C(OH)–C–C–N with tert-alkyl or cyclic N) is 1. The van der Waals surface area contributed by atoms with Crippen molar-refractivity contribution in [1.29, 1.82) is 0 Å². The van der Waals surface area contributed by atoms with Gasteiger partial charge < -0.3 is 14.6 Å². The molecule has 3 aromatic rings. The third-order valence-corrected chi connectivity index (χ3v) is 4.92. The molecule has 25 heavy (non-hydrogen) atoms. The lowest BCUT2D eigenvalue weighted by Gasteiger charge is -2.32. The number of aromatic nitrogens is 2. The largest absolute Gasteiger partial charge is 0.387 e. The standard InChI is InChI=1S/C20H21N3O2/c1-14-21-17-8-4-5-9-18(17)23(14)11-10-20(25)22-12-15-6-2-3-7-16(15)19(24)13-22/h2-9,19,24H,10-13H2,1H3/t19-/m0/s1. The second kappa shape index (κ2) is 6.33. The predicted molar refractivity (Wildman–Crippen MR) is 95.9 cm³/mol. The van der Waals surface area contributed by atoms with Crippen molar-refractivity contribution in [3.63, 3.8) is 0 Å². The van der Waals surface area contributed by atoms with Crippen LogP contribution in [0.25, 0.3) is 11.0 Å². The van der Waals surface area contributed by atoms with Crippen molar-refractivity contribution in [1.82, 2.24) is 14.5 Å². The average molecular weight is 335 g/mol. The van der Waals surface area contributed by atoms with Gasteiger partial charge in [-0.1, -0.05) is 36.4 Å². The lowest BCUT2D eigenvalue weighted by molar-refractivity contribution is -0.134. The molecule has 0 fully saturated rings. The highest BCUT2D eigenvalue weighted by Crippen LogP contribution is 2.26. The van der Waals surface area contributed by atoms with E-state index < -0.39 is 6.10 Å². The summed E-state index contributed by atoms with van der Waals surface area (Å²) in [6.45, 7) is 3.49. The molecule has 1 aromatic heterocycles. The first kappa shape index (κ1) is 15.8. The van der Waals surface area contributed by atoms with E-state index in [9.17, 15) is 9.90 Å². The van der Waals surface area contributed by atoms with Crippen LogP contribution >= 0.6 is 0 Å². The highest BCUT2D eigenvalue weighted by Gasteiger charge is 2.26. The fraction of sp³-hybridized carbons (Fsp3) is 0.300. The summed E-state index contributed by atoms with van der Waals surface area (Å²) in [7, 11) is 0. The maximum Gasteiger partial charge on any atom is 0.224 e. The van der Waals surface area contributed by atoms with Crippen molar-refractivity contribution in [2.45, 2.75) is 32.5 Å². The smallest absolute Gasteiger partial charge is 0.224 e. The Hall–Kier alpha value is -2.66. The number of para-hydroxylation sites is 2. The number of aliphatic hydroxyl groups excluding tert-OH is 1. The Morgan fingerprint density at radius 3 is 2.84 bits per heavy atom. The van der Waals surface area contributed by atoms with Gasteiger partial charge >= 0.3 is 0 Å². The molecule has 128 valence electrons. The Morgan fingerprint density at radius 1 is 1.20 bits per heavy atom. The van der Waals surface area contributed by atoms with Gasteiger partial charge in [0.1, 0.15) is 5.82 Å². The van der Waals surface area contributed by atoms with Crippen LogP contribution in [0.4, 0.5) is 0 Å². The van der Waals surface area contributed by atoms with Gasteiger partial charge in [0.2, 0.25) is 5.91 Å². The molecule has 2 heterocycles. The molecular weight excluding hydrogens is 314 g/mol. The van der Waals surface area contributed by atoms with Crippen molar-refractivity contribution in [2.24, 2.45) is 0 Å². The first-order chi connectivity index (χ1) is 12.1. The van der Waals surface area contributed by atoms with Gasteiger partial charge in [-0.05, 0) is 30.2 Å². The molecule has 2 aromatic carbocycles. The molecule has 1 aliphatic rings. The summed E-state index contributed by atoms with van der Waals surface area (Å²) in [6, 6.07) is 15.7. The molecule has 0 saturated carbocycles. The lowest BCUT2D eigenvalue weighted by Crippen LogP contribution is -2.38. The molecule has 1 amide bonds. The Labute approximate surface area is 146 Å². The van der Waals surface area contributed by atoms with Crippen LogP contribution in [0.1, 0.15) is 29.5 Å². The number of fused-ring (bicyclic) bond motifs is 2. The summed E-state index contributed by atoms with van der Waals surface area (Å²) >= 11 is 0. The number of imidazole rings is 1. The Bertz CT molecular complexity index is 932. The summed E-state index contributed by atoms with van der Waals surface area (Å²) in [6.07, 6.45) is -0.208. The summed E-state index contributed by atoms with van der Waals surface area (Å²) in [5.41, 5.74) is 3.97. The quantitative estimate of drug-likeness (QED) is 0.801. The zero-order valence-corrected chi connectivity index (χ0v) is 14.2. The van der Waals surface area contributed by atoms with Crippen LogP contribution in [-0.2, 0) is 17.9 Å². The van der Waals surface area contributed by atoms with Crippen LogP contribution in [0.2, 0.25) is 0 Å². The SMILES string of the molecule is Cc1nc2ccccc2n1CCC(=O)N1Cc2ccccc2[C@@H](O)C1. The molecule has 0 unspecified atom stereocenters. The molecule has 1 aliphatic heterocycles. The van der Waals surface area contributed by atoms with E-state index in [1.807, 2.05) is 55.5 Å². The highest BCUT2D eigenvalue weighted by atomic mass is 16.3. The van der Waals surface area contributed by atoms with Crippen molar-refractivity contribution in [3.05, 3.63) is 65.5 Å². The van der Waals surface area contributed by atoms with Crippen LogP contribution in [0.3, 0.4) is 0 Å². The van der Waals surface area contributed by atoms with E-state index in [1.54, 1.807) is 4.90 Å². The average Bonchev–Trinajstić information content (AvgIpc) is 2.95. The molecular formula is C20H21N3O2. The zero-order chi connectivity index (χ0) is 17.4. The van der Waals surface area contributed by atoms with Gasteiger partial charge in [0.15, 0.2) is 0 Å². The van der Waals surface area contributed by atoms with Crippen LogP contribution in [0, 0.1) is 6.92 Å². The van der Waals surface area contributed by atoms with E-state index in [0.717, 1.165) is 28.0 Å². The van der Waals surface area contributed by atoms with Crippen molar-refractivity contribution >= 4 is 16.9 Å². The number of aliphatic hydroxyl groups is 1. The lowest BCUT2D eigenvalue weighted by atomic mass is 9.97. The normalized spacial score (nSPS) is 16.9. The van der Waals surface area contributed by atoms with Gasteiger partial charge in [0.25, 0.3) is 0 Å². The minimum atomic E-state index is -0.607. The molecule has 5 heteroatoms. The van der Waals surface area contributed by atoms with Crippen LogP contribution in [0.5, 0.6) is 0 Å². The predicted octanol–water partition coefficient (Wildman–Crippen LogP) is 2.81. The van der Waals surface area contributed by atoms with Gasteiger partial charge in [0.05, 0.1) is 23.7 Å². The number of hydrogen-bond donors (Lipinski definition) is 1. The molecule has 1 N–H and O–H groups in total. The number of amides is 1. The molecule has 5 nitrogen and oxygen atoms in total. The van der Waals surface area contributed by atoms with Gasteiger partial charge in [0, 0.05) is 19.5 Å². The zero-order valence-electron chi connectivity index (χ0n) is 14.2. The fourth-order valence-corrected chi connectivity index (χ4v) is 3.61. The van der Waals surface area contributed by atoms with E-state index in [1.165, 1.54) is 0 Å². The first-order valence-electron chi connectivity index (χ1n) is 8.59. The van der Waals surface area contributed by atoms with Crippen LogP contribution in [-0.4, -0.2) is 32.0 Å². The van der Waals surface area contributed by atoms with Gasteiger partial charge in [-0.25, -0.2) is 4.98 Å². The fourth-order valence-electron chi connectivity index (χ4n) is 3.61. The van der Waals surface area contributed by atoms with E-state index in [0.29, 0.717) is 26.1 Å². The number of aryl methyl sites for hydroxylation is 2. The number of benzene rings is 2. The molecule has 4 rings (SSSR count). The van der Waals surface area contributed by atoms with Gasteiger partial charge in [-0.2, -0.15) is 0 Å². The summed E-state index contributed by atoms with van der Waals surface area (Å²) in [4.78, 5) is 19.0. The van der Waals surface area contributed by atoms with E-state index in [4.69, 9.17) is 0 Å². The van der Waals surface area contributed by atoms with Crippen molar-refractivity contribution in [3.8, 4) is 0 Å². The maximum atomic E-state index is 12.7. The Balaban J connectivity index is 1.49. The minimum Gasteiger partial charge on any atom is -0.387 e. The number of nitrogens with zero attached hydrogens (tertiary/aromatic N) is 3. The highest BCUT2D eigenvalue weighted by molar-refractivity contribution is 5.78. The number of hydrogen-bond acceptors (Lipinski definition) is 3. The topological polar surface area (TPSA) is 58.4 Å². The number of carbonyl (C=O) groups is 1. The Morgan fingerprint density at radius 2 is 1.96 bits per heavy atom. The monoisotopic (exact) mass is 335 g/mol. The minimum absolute atomic E-state index is 0.0609. The molecule has 0 bridgehead atoms. The summed E-state index contributed by atoms with van der Waals surface area (Å²) < 4.78 is 2.08. The number of carbonyl (C=O) groups excluding carboxylic acids is 1. The molecule has 0 aliphatic carbocycles.